The fraction of sp³-hybridized carbons (Fsp3) is 0.154. The van der Waals surface area contributed by atoms with Gasteiger partial charge in [0.2, 0.25) is 10.0 Å². The molecule has 1 aromatic carbocycles. The molecule has 0 bridgehead atoms. The Morgan fingerprint density at radius 2 is 1.95 bits per heavy atom. The highest BCUT2D eigenvalue weighted by Gasteiger charge is 2.22. The standard InChI is InChI=1S/C13H12F2N2O2S/c1-9(12-4-2-3-7-16-12)17-20(18,19)13-6-5-10(14)8-11(13)15/h2-9,17H,1H3. The highest BCUT2D eigenvalue weighted by atomic mass is 32.2. The van der Waals surface area contributed by atoms with Crippen molar-refractivity contribution >= 4 is 10.0 Å². The Kier molecular flexibility index (Phi) is 4.10. The Balaban J connectivity index is 2.28. The topological polar surface area (TPSA) is 59.1 Å². The number of hydrogen-bond donors (Lipinski definition) is 1. The van der Waals surface area contributed by atoms with E-state index in [-0.39, 0.29) is 0 Å². The van der Waals surface area contributed by atoms with Crippen LogP contribution in [-0.2, 0) is 10.0 Å². The molecule has 2 rings (SSSR count). The quantitative estimate of drug-likeness (QED) is 0.943. The minimum Gasteiger partial charge on any atom is -0.260 e. The maximum Gasteiger partial charge on any atom is 0.244 e. The van der Waals surface area contributed by atoms with Crippen molar-refractivity contribution in [2.24, 2.45) is 0 Å². The van der Waals surface area contributed by atoms with E-state index >= 15 is 0 Å². The molecule has 0 aliphatic carbocycles. The summed E-state index contributed by atoms with van der Waals surface area (Å²) in [5.74, 6) is -1.97. The molecule has 1 aromatic heterocycles. The molecule has 2 aromatic rings. The van der Waals surface area contributed by atoms with E-state index in [0.29, 0.717) is 11.8 Å². The van der Waals surface area contributed by atoms with E-state index in [1.807, 2.05) is 0 Å². The van der Waals surface area contributed by atoms with E-state index in [1.165, 1.54) is 6.20 Å². The molecule has 7 heteroatoms. The van der Waals surface area contributed by atoms with E-state index in [0.717, 1.165) is 12.1 Å². The molecule has 0 radical (unpaired) electrons. The van der Waals surface area contributed by atoms with Gasteiger partial charge in [-0.25, -0.2) is 21.9 Å². The average Bonchev–Trinajstić information content (AvgIpc) is 2.38. The molecule has 1 unspecified atom stereocenters. The van der Waals surface area contributed by atoms with E-state index in [4.69, 9.17) is 0 Å². The molecular weight excluding hydrogens is 286 g/mol. The van der Waals surface area contributed by atoms with Gasteiger partial charge in [-0.05, 0) is 31.2 Å². The summed E-state index contributed by atoms with van der Waals surface area (Å²) < 4.78 is 52.7. The average molecular weight is 298 g/mol. The van der Waals surface area contributed by atoms with E-state index in [9.17, 15) is 17.2 Å². The highest BCUT2D eigenvalue weighted by molar-refractivity contribution is 7.89. The van der Waals surface area contributed by atoms with Crippen LogP contribution in [0.5, 0.6) is 0 Å². The SMILES string of the molecule is CC(NS(=O)(=O)c1ccc(F)cc1F)c1ccccn1. The van der Waals surface area contributed by atoms with Gasteiger partial charge >= 0.3 is 0 Å². The third kappa shape index (κ3) is 3.17. The lowest BCUT2D eigenvalue weighted by Gasteiger charge is -2.14. The van der Waals surface area contributed by atoms with Crippen molar-refractivity contribution in [2.75, 3.05) is 0 Å². The summed E-state index contributed by atoms with van der Waals surface area (Å²) in [5.41, 5.74) is 0.499. The molecular formula is C13H12F2N2O2S. The zero-order chi connectivity index (χ0) is 14.8. The normalized spacial score (nSPS) is 13.2. The van der Waals surface area contributed by atoms with Crippen LogP contribution < -0.4 is 4.72 Å². The van der Waals surface area contributed by atoms with Gasteiger partial charge in [0.1, 0.15) is 16.5 Å². The minimum atomic E-state index is -4.09. The molecule has 1 heterocycles. The molecule has 1 atom stereocenters. The van der Waals surface area contributed by atoms with Crippen LogP contribution in [0.4, 0.5) is 8.78 Å². The number of benzene rings is 1. The van der Waals surface area contributed by atoms with Gasteiger partial charge in [-0.1, -0.05) is 6.07 Å². The number of halogens is 2. The van der Waals surface area contributed by atoms with Crippen LogP contribution in [0, 0.1) is 11.6 Å². The van der Waals surface area contributed by atoms with Gasteiger partial charge in [0, 0.05) is 12.3 Å². The molecule has 0 amide bonds. The molecule has 1 N–H and O–H groups in total. The number of rotatable bonds is 4. The van der Waals surface area contributed by atoms with Crippen molar-refractivity contribution in [3.63, 3.8) is 0 Å². The largest absolute Gasteiger partial charge is 0.260 e. The van der Waals surface area contributed by atoms with E-state index in [1.54, 1.807) is 25.1 Å². The maximum atomic E-state index is 13.5. The third-order valence-electron chi connectivity index (χ3n) is 2.65. The zero-order valence-corrected chi connectivity index (χ0v) is 11.4. The van der Waals surface area contributed by atoms with Gasteiger partial charge in [-0.15, -0.1) is 0 Å². The molecule has 20 heavy (non-hydrogen) atoms. The Morgan fingerprint density at radius 3 is 2.55 bits per heavy atom. The summed E-state index contributed by atoms with van der Waals surface area (Å²) in [7, 11) is -4.09. The van der Waals surface area contributed by atoms with Gasteiger partial charge < -0.3 is 0 Å². The molecule has 0 saturated heterocycles. The molecule has 0 aliphatic rings. The van der Waals surface area contributed by atoms with Crippen molar-refractivity contribution in [1.29, 1.82) is 0 Å². The second-order valence-electron chi connectivity index (χ2n) is 4.17. The van der Waals surface area contributed by atoms with Crippen LogP contribution in [0.1, 0.15) is 18.7 Å². The fourth-order valence-electron chi connectivity index (χ4n) is 1.68. The summed E-state index contributed by atoms with van der Waals surface area (Å²) in [6.07, 6.45) is 1.53. The van der Waals surface area contributed by atoms with E-state index in [2.05, 4.69) is 9.71 Å². The lowest BCUT2D eigenvalue weighted by Crippen LogP contribution is -2.28. The van der Waals surface area contributed by atoms with Gasteiger partial charge in [-0.3, -0.25) is 4.98 Å². The fourth-order valence-corrected chi connectivity index (χ4v) is 2.96. The summed E-state index contributed by atoms with van der Waals surface area (Å²) in [6.45, 7) is 1.58. The monoisotopic (exact) mass is 298 g/mol. The molecule has 0 aliphatic heterocycles. The first-order valence-electron chi connectivity index (χ1n) is 5.78. The molecule has 0 fully saturated rings. The zero-order valence-electron chi connectivity index (χ0n) is 10.5. The van der Waals surface area contributed by atoms with E-state index < -0.39 is 32.6 Å². The Hall–Kier alpha value is -1.86. The first-order valence-corrected chi connectivity index (χ1v) is 7.27. The van der Waals surface area contributed by atoms with Crippen LogP contribution in [-0.4, -0.2) is 13.4 Å². The summed E-state index contributed by atoms with van der Waals surface area (Å²) in [6, 6.07) is 6.73. The second-order valence-corrected chi connectivity index (χ2v) is 5.85. The second kappa shape index (κ2) is 5.64. The van der Waals surface area contributed by atoms with Crippen molar-refractivity contribution in [2.45, 2.75) is 17.9 Å². The summed E-state index contributed by atoms with van der Waals surface area (Å²) in [4.78, 5) is 3.42. The maximum absolute atomic E-state index is 13.5. The highest BCUT2D eigenvalue weighted by Crippen LogP contribution is 2.18. The van der Waals surface area contributed by atoms with Crippen LogP contribution in [0.3, 0.4) is 0 Å². The summed E-state index contributed by atoms with van der Waals surface area (Å²) in [5, 5.41) is 0. The first kappa shape index (κ1) is 14.5. The molecule has 0 saturated carbocycles. The first-order chi connectivity index (χ1) is 9.40. The van der Waals surface area contributed by atoms with Gasteiger partial charge in [-0.2, -0.15) is 0 Å². The van der Waals surface area contributed by atoms with Crippen LogP contribution in [0.25, 0.3) is 0 Å². The lowest BCUT2D eigenvalue weighted by molar-refractivity contribution is 0.535. The number of sulfonamides is 1. The number of pyridine rings is 1. The number of hydrogen-bond acceptors (Lipinski definition) is 3. The predicted molar refractivity (Wildman–Crippen MR) is 69.3 cm³/mol. The van der Waals surface area contributed by atoms with Gasteiger partial charge in [0.15, 0.2) is 0 Å². The summed E-state index contributed by atoms with van der Waals surface area (Å²) >= 11 is 0. The lowest BCUT2D eigenvalue weighted by atomic mass is 10.2. The smallest absolute Gasteiger partial charge is 0.244 e. The number of aromatic nitrogens is 1. The Bertz CT molecular complexity index is 706. The Labute approximate surface area is 115 Å². The van der Waals surface area contributed by atoms with Crippen LogP contribution in [0.2, 0.25) is 0 Å². The third-order valence-corrected chi connectivity index (χ3v) is 4.22. The molecule has 106 valence electrons. The van der Waals surface area contributed by atoms with Crippen molar-refractivity contribution in [1.82, 2.24) is 9.71 Å². The van der Waals surface area contributed by atoms with Gasteiger partial charge in [0.05, 0.1) is 11.7 Å². The molecule has 4 nitrogen and oxygen atoms in total. The Morgan fingerprint density at radius 1 is 1.20 bits per heavy atom. The predicted octanol–water partition coefficient (Wildman–Crippen LogP) is 2.40. The van der Waals surface area contributed by atoms with Crippen LogP contribution >= 0.6 is 0 Å². The van der Waals surface area contributed by atoms with Crippen molar-refractivity contribution in [3.05, 3.63) is 59.9 Å². The van der Waals surface area contributed by atoms with Crippen molar-refractivity contribution < 1.29 is 17.2 Å². The number of nitrogens with zero attached hydrogens (tertiary/aromatic N) is 1. The van der Waals surface area contributed by atoms with Crippen molar-refractivity contribution in [3.8, 4) is 0 Å². The molecule has 0 spiro atoms. The minimum absolute atomic E-state index is 0.499. The number of nitrogens with one attached hydrogen (secondary N) is 1. The van der Waals surface area contributed by atoms with Crippen LogP contribution in [0.15, 0.2) is 47.5 Å². The van der Waals surface area contributed by atoms with Gasteiger partial charge in [0.25, 0.3) is 0 Å².